The summed E-state index contributed by atoms with van der Waals surface area (Å²) in [6, 6.07) is 0. The standard InChI is InChI=1S/C8H16O3/c1-6(9)11-7(10-5)8(2,3)4/h7H,1-5H3. The van der Waals surface area contributed by atoms with E-state index < -0.39 is 6.29 Å². The Balaban J connectivity index is 4.07. The molecule has 0 aromatic rings. The van der Waals surface area contributed by atoms with Crippen LogP contribution in [0.15, 0.2) is 0 Å². The van der Waals surface area contributed by atoms with Gasteiger partial charge in [-0.05, 0) is 0 Å². The highest BCUT2D eigenvalue weighted by Gasteiger charge is 2.26. The molecule has 0 radical (unpaired) electrons. The Morgan fingerprint density at radius 1 is 1.36 bits per heavy atom. The van der Waals surface area contributed by atoms with Gasteiger partial charge < -0.3 is 9.47 Å². The summed E-state index contributed by atoms with van der Waals surface area (Å²) in [5.41, 5.74) is -0.166. The second kappa shape index (κ2) is 3.72. The van der Waals surface area contributed by atoms with Crippen LogP contribution in [0.25, 0.3) is 0 Å². The predicted molar refractivity (Wildman–Crippen MR) is 42.0 cm³/mol. The lowest BCUT2D eigenvalue weighted by Crippen LogP contribution is -2.32. The Morgan fingerprint density at radius 2 is 1.82 bits per heavy atom. The zero-order valence-electron chi connectivity index (χ0n) is 7.80. The summed E-state index contributed by atoms with van der Waals surface area (Å²) < 4.78 is 9.89. The van der Waals surface area contributed by atoms with Crippen LogP contribution in [0, 0.1) is 5.41 Å². The van der Waals surface area contributed by atoms with E-state index in [1.54, 1.807) is 0 Å². The van der Waals surface area contributed by atoms with Crippen LogP contribution in [-0.4, -0.2) is 19.4 Å². The third kappa shape index (κ3) is 3.98. The Kier molecular flexibility index (Phi) is 3.52. The minimum absolute atomic E-state index is 0.166. The molecule has 0 fully saturated rings. The molecule has 0 saturated heterocycles. The van der Waals surface area contributed by atoms with Crippen molar-refractivity contribution in [1.29, 1.82) is 0 Å². The van der Waals surface area contributed by atoms with Crippen molar-refractivity contribution in [2.24, 2.45) is 5.41 Å². The maximum Gasteiger partial charge on any atom is 0.304 e. The van der Waals surface area contributed by atoms with Crippen LogP contribution in [-0.2, 0) is 14.3 Å². The quantitative estimate of drug-likeness (QED) is 0.454. The first-order chi connectivity index (χ1) is 4.88. The smallest absolute Gasteiger partial charge is 0.304 e. The molecule has 0 bridgehead atoms. The van der Waals surface area contributed by atoms with E-state index in [2.05, 4.69) is 0 Å². The number of esters is 1. The van der Waals surface area contributed by atoms with Gasteiger partial charge in [0.25, 0.3) is 0 Å². The largest absolute Gasteiger partial charge is 0.435 e. The van der Waals surface area contributed by atoms with Gasteiger partial charge in [0, 0.05) is 19.4 Å². The minimum atomic E-state index is -0.458. The van der Waals surface area contributed by atoms with Crippen molar-refractivity contribution in [2.45, 2.75) is 34.0 Å². The van der Waals surface area contributed by atoms with Crippen LogP contribution in [0.4, 0.5) is 0 Å². The van der Waals surface area contributed by atoms with Gasteiger partial charge in [-0.2, -0.15) is 0 Å². The number of carbonyl (C=O) groups excluding carboxylic acids is 1. The van der Waals surface area contributed by atoms with Crippen molar-refractivity contribution in [3.63, 3.8) is 0 Å². The summed E-state index contributed by atoms with van der Waals surface area (Å²) in [4.78, 5) is 10.6. The van der Waals surface area contributed by atoms with Crippen LogP contribution in [0.5, 0.6) is 0 Å². The first-order valence-electron chi connectivity index (χ1n) is 3.58. The molecule has 0 aliphatic heterocycles. The predicted octanol–water partition coefficient (Wildman–Crippen LogP) is 1.57. The SMILES string of the molecule is COC(OC(C)=O)C(C)(C)C. The third-order valence-electron chi connectivity index (χ3n) is 1.19. The van der Waals surface area contributed by atoms with Crippen LogP contribution < -0.4 is 0 Å². The summed E-state index contributed by atoms with van der Waals surface area (Å²) in [5, 5.41) is 0. The number of carbonyl (C=O) groups is 1. The Morgan fingerprint density at radius 3 is 1.91 bits per heavy atom. The van der Waals surface area contributed by atoms with Crippen molar-refractivity contribution in [3.8, 4) is 0 Å². The monoisotopic (exact) mass is 160 g/mol. The van der Waals surface area contributed by atoms with Crippen LogP contribution >= 0.6 is 0 Å². The molecule has 66 valence electrons. The Bertz CT molecular complexity index is 135. The molecule has 3 nitrogen and oxygen atoms in total. The highest BCUT2D eigenvalue weighted by Crippen LogP contribution is 2.22. The molecule has 0 rings (SSSR count). The van der Waals surface area contributed by atoms with E-state index in [1.807, 2.05) is 20.8 Å². The molecule has 0 aromatic heterocycles. The summed E-state index contributed by atoms with van der Waals surface area (Å²) in [5.74, 6) is -0.313. The van der Waals surface area contributed by atoms with Crippen LogP contribution in [0.1, 0.15) is 27.7 Å². The molecule has 0 aliphatic carbocycles. The van der Waals surface area contributed by atoms with E-state index in [4.69, 9.17) is 9.47 Å². The van der Waals surface area contributed by atoms with Gasteiger partial charge >= 0.3 is 5.97 Å². The van der Waals surface area contributed by atoms with E-state index >= 15 is 0 Å². The highest BCUT2D eigenvalue weighted by atomic mass is 16.7. The van der Waals surface area contributed by atoms with Crippen LogP contribution in [0.2, 0.25) is 0 Å². The van der Waals surface area contributed by atoms with E-state index in [0.29, 0.717) is 0 Å². The lowest BCUT2D eigenvalue weighted by molar-refractivity contribution is -0.193. The molecule has 0 heterocycles. The third-order valence-corrected chi connectivity index (χ3v) is 1.19. The summed E-state index contributed by atoms with van der Waals surface area (Å²) >= 11 is 0. The lowest BCUT2D eigenvalue weighted by Gasteiger charge is -2.27. The molecule has 3 heteroatoms. The molecule has 0 amide bonds. The fourth-order valence-electron chi connectivity index (χ4n) is 0.729. The van der Waals surface area contributed by atoms with Gasteiger partial charge in [-0.1, -0.05) is 20.8 Å². The minimum Gasteiger partial charge on any atom is -0.435 e. The van der Waals surface area contributed by atoms with Gasteiger partial charge in [0.05, 0.1) is 0 Å². The topological polar surface area (TPSA) is 35.5 Å². The summed E-state index contributed by atoms with van der Waals surface area (Å²) in [6.45, 7) is 7.22. The fraction of sp³-hybridized carbons (Fsp3) is 0.875. The van der Waals surface area contributed by atoms with Crippen molar-refractivity contribution in [2.75, 3.05) is 7.11 Å². The molecule has 1 atom stereocenters. The highest BCUT2D eigenvalue weighted by molar-refractivity contribution is 5.66. The number of hydrogen-bond donors (Lipinski definition) is 0. The van der Waals surface area contributed by atoms with Gasteiger partial charge in [-0.15, -0.1) is 0 Å². The second-order valence-corrected chi connectivity index (χ2v) is 3.54. The molecule has 0 saturated carbocycles. The Hall–Kier alpha value is -0.570. The zero-order chi connectivity index (χ0) is 9.07. The maximum atomic E-state index is 10.6. The summed E-state index contributed by atoms with van der Waals surface area (Å²) in [6.07, 6.45) is -0.458. The normalized spacial score (nSPS) is 14.3. The molecule has 0 aromatic carbocycles. The number of ether oxygens (including phenoxy) is 2. The van der Waals surface area contributed by atoms with E-state index in [0.717, 1.165) is 0 Å². The van der Waals surface area contributed by atoms with E-state index in [1.165, 1.54) is 14.0 Å². The molecule has 11 heavy (non-hydrogen) atoms. The fourth-order valence-corrected chi connectivity index (χ4v) is 0.729. The molecular weight excluding hydrogens is 144 g/mol. The van der Waals surface area contributed by atoms with E-state index in [-0.39, 0.29) is 11.4 Å². The van der Waals surface area contributed by atoms with Crippen LogP contribution in [0.3, 0.4) is 0 Å². The van der Waals surface area contributed by atoms with Gasteiger partial charge in [-0.25, -0.2) is 0 Å². The molecule has 0 aliphatic rings. The first-order valence-corrected chi connectivity index (χ1v) is 3.58. The van der Waals surface area contributed by atoms with Gasteiger partial charge in [0.15, 0.2) is 0 Å². The Labute approximate surface area is 67.7 Å². The average Bonchev–Trinajstić information content (AvgIpc) is 1.79. The second-order valence-electron chi connectivity index (χ2n) is 3.54. The molecule has 0 N–H and O–H groups in total. The summed E-state index contributed by atoms with van der Waals surface area (Å²) in [7, 11) is 1.53. The lowest BCUT2D eigenvalue weighted by atomic mass is 9.96. The van der Waals surface area contributed by atoms with Crippen molar-refractivity contribution in [3.05, 3.63) is 0 Å². The van der Waals surface area contributed by atoms with Gasteiger partial charge in [-0.3, -0.25) is 4.79 Å². The zero-order valence-corrected chi connectivity index (χ0v) is 7.80. The number of hydrogen-bond acceptors (Lipinski definition) is 3. The maximum absolute atomic E-state index is 10.6. The van der Waals surface area contributed by atoms with Crippen molar-refractivity contribution < 1.29 is 14.3 Å². The van der Waals surface area contributed by atoms with Crippen molar-refractivity contribution >= 4 is 5.97 Å². The first kappa shape index (κ1) is 10.4. The average molecular weight is 160 g/mol. The van der Waals surface area contributed by atoms with E-state index in [9.17, 15) is 4.79 Å². The molecule has 0 spiro atoms. The number of methoxy groups -OCH3 is 1. The van der Waals surface area contributed by atoms with Gasteiger partial charge in [0.2, 0.25) is 6.29 Å². The molecular formula is C8H16O3. The van der Waals surface area contributed by atoms with Crippen molar-refractivity contribution in [1.82, 2.24) is 0 Å². The number of rotatable bonds is 2. The van der Waals surface area contributed by atoms with Gasteiger partial charge in [0.1, 0.15) is 0 Å². The molecule has 1 unspecified atom stereocenters.